The van der Waals surface area contributed by atoms with Crippen LogP contribution in [0.5, 0.6) is 0 Å². The number of aromatic nitrogens is 2. The Bertz CT molecular complexity index is 797. The molecule has 0 fully saturated rings. The predicted octanol–water partition coefficient (Wildman–Crippen LogP) is 3.52. The minimum Gasteiger partial charge on any atom is -0.384 e. The van der Waals surface area contributed by atoms with E-state index in [0.717, 1.165) is 24.3 Å². The van der Waals surface area contributed by atoms with Crippen molar-refractivity contribution in [1.29, 1.82) is 0 Å². The molecule has 0 bridgehead atoms. The smallest absolute Gasteiger partial charge is 0.140 e. The molecule has 0 atom stereocenters. The van der Waals surface area contributed by atoms with Crippen molar-refractivity contribution in [2.24, 2.45) is 7.05 Å². The SMILES string of the molecule is Cc1ccc(-c2nc3cc4c(cc3n2C)NCC4)cc1. The van der Waals surface area contributed by atoms with E-state index < -0.39 is 0 Å². The van der Waals surface area contributed by atoms with Gasteiger partial charge >= 0.3 is 0 Å². The summed E-state index contributed by atoms with van der Waals surface area (Å²) in [6.07, 6.45) is 1.10. The van der Waals surface area contributed by atoms with Crippen molar-refractivity contribution < 1.29 is 0 Å². The van der Waals surface area contributed by atoms with Crippen LogP contribution in [0.3, 0.4) is 0 Å². The maximum atomic E-state index is 4.82. The van der Waals surface area contributed by atoms with E-state index in [1.807, 2.05) is 0 Å². The maximum Gasteiger partial charge on any atom is 0.140 e. The van der Waals surface area contributed by atoms with Gasteiger partial charge in [0.15, 0.2) is 0 Å². The Morgan fingerprint density at radius 2 is 1.95 bits per heavy atom. The van der Waals surface area contributed by atoms with Gasteiger partial charge in [0.1, 0.15) is 5.82 Å². The van der Waals surface area contributed by atoms with E-state index in [1.54, 1.807) is 0 Å². The molecule has 4 rings (SSSR count). The summed E-state index contributed by atoms with van der Waals surface area (Å²) in [5, 5.41) is 3.43. The first-order chi connectivity index (χ1) is 9.72. The molecular formula is C17H17N3. The molecule has 2 heterocycles. The molecule has 3 heteroatoms. The normalized spacial score (nSPS) is 13.5. The monoisotopic (exact) mass is 263 g/mol. The maximum absolute atomic E-state index is 4.82. The summed E-state index contributed by atoms with van der Waals surface area (Å²) in [6.45, 7) is 3.14. The Balaban J connectivity index is 1.93. The minimum absolute atomic E-state index is 1.03. The van der Waals surface area contributed by atoms with E-state index in [2.05, 4.69) is 60.3 Å². The molecule has 100 valence electrons. The highest BCUT2D eigenvalue weighted by Gasteiger charge is 2.15. The van der Waals surface area contributed by atoms with Crippen LogP contribution in [0, 0.1) is 6.92 Å². The van der Waals surface area contributed by atoms with Crippen LogP contribution < -0.4 is 5.32 Å². The molecule has 1 aromatic heterocycles. The third kappa shape index (κ3) is 1.63. The second kappa shape index (κ2) is 4.10. The summed E-state index contributed by atoms with van der Waals surface area (Å²) in [6, 6.07) is 13.0. The fourth-order valence-electron chi connectivity index (χ4n) is 2.95. The lowest BCUT2D eigenvalue weighted by atomic mass is 10.1. The highest BCUT2D eigenvalue weighted by atomic mass is 15.1. The van der Waals surface area contributed by atoms with Crippen LogP contribution in [0.1, 0.15) is 11.1 Å². The van der Waals surface area contributed by atoms with Crippen molar-refractivity contribution in [1.82, 2.24) is 9.55 Å². The van der Waals surface area contributed by atoms with E-state index in [4.69, 9.17) is 4.98 Å². The number of aryl methyl sites for hydroxylation is 2. The standard InChI is InChI=1S/C17H17N3/c1-11-3-5-12(6-4-11)17-19-15-9-13-7-8-18-14(13)10-16(15)20(17)2/h3-6,9-10,18H,7-8H2,1-2H3. The number of nitrogens with one attached hydrogen (secondary N) is 1. The van der Waals surface area contributed by atoms with Gasteiger partial charge in [-0.2, -0.15) is 0 Å². The Morgan fingerprint density at radius 3 is 2.75 bits per heavy atom. The van der Waals surface area contributed by atoms with Gasteiger partial charge in [0.05, 0.1) is 11.0 Å². The van der Waals surface area contributed by atoms with Crippen molar-refractivity contribution in [2.75, 3.05) is 11.9 Å². The van der Waals surface area contributed by atoms with E-state index in [-0.39, 0.29) is 0 Å². The van der Waals surface area contributed by atoms with Crippen LogP contribution in [0.4, 0.5) is 5.69 Å². The van der Waals surface area contributed by atoms with Crippen molar-refractivity contribution in [3.63, 3.8) is 0 Å². The summed E-state index contributed by atoms with van der Waals surface area (Å²) in [5.74, 6) is 1.03. The highest BCUT2D eigenvalue weighted by Crippen LogP contribution is 2.30. The number of benzene rings is 2. The molecule has 0 spiro atoms. The van der Waals surface area contributed by atoms with Crippen molar-refractivity contribution in [3.05, 3.63) is 47.5 Å². The van der Waals surface area contributed by atoms with Crippen LogP contribution in [0.25, 0.3) is 22.4 Å². The molecule has 0 amide bonds. The van der Waals surface area contributed by atoms with Crippen molar-refractivity contribution in [3.8, 4) is 11.4 Å². The first-order valence-corrected chi connectivity index (χ1v) is 7.02. The van der Waals surface area contributed by atoms with Gasteiger partial charge in [-0.3, -0.25) is 0 Å². The van der Waals surface area contributed by atoms with Crippen LogP contribution >= 0.6 is 0 Å². The Kier molecular flexibility index (Phi) is 2.36. The van der Waals surface area contributed by atoms with E-state index >= 15 is 0 Å². The average molecular weight is 263 g/mol. The number of imidazole rings is 1. The molecule has 1 aliphatic rings. The van der Waals surface area contributed by atoms with Crippen LogP contribution in [-0.2, 0) is 13.5 Å². The van der Waals surface area contributed by atoms with Gasteiger partial charge in [-0.05, 0) is 31.0 Å². The number of hydrogen-bond donors (Lipinski definition) is 1. The lowest BCUT2D eigenvalue weighted by Gasteiger charge is -2.04. The van der Waals surface area contributed by atoms with Gasteiger partial charge in [-0.15, -0.1) is 0 Å². The third-order valence-corrected chi connectivity index (χ3v) is 4.13. The van der Waals surface area contributed by atoms with Gasteiger partial charge in [0.25, 0.3) is 0 Å². The lowest BCUT2D eigenvalue weighted by Crippen LogP contribution is -1.93. The minimum atomic E-state index is 1.03. The highest BCUT2D eigenvalue weighted by molar-refractivity contribution is 5.86. The Morgan fingerprint density at radius 1 is 1.15 bits per heavy atom. The molecule has 0 radical (unpaired) electrons. The summed E-state index contributed by atoms with van der Waals surface area (Å²) in [4.78, 5) is 4.82. The lowest BCUT2D eigenvalue weighted by molar-refractivity contribution is 0.959. The zero-order valence-electron chi connectivity index (χ0n) is 11.8. The molecule has 3 aromatic rings. The van der Waals surface area contributed by atoms with Gasteiger partial charge < -0.3 is 9.88 Å². The van der Waals surface area contributed by atoms with Crippen molar-refractivity contribution >= 4 is 16.7 Å². The molecule has 1 N–H and O–H groups in total. The molecular weight excluding hydrogens is 246 g/mol. The summed E-state index contributed by atoms with van der Waals surface area (Å²) >= 11 is 0. The fourth-order valence-corrected chi connectivity index (χ4v) is 2.95. The van der Waals surface area contributed by atoms with E-state index in [1.165, 1.54) is 27.9 Å². The number of nitrogens with zero attached hydrogens (tertiary/aromatic N) is 2. The quantitative estimate of drug-likeness (QED) is 0.728. The number of fused-ring (bicyclic) bond motifs is 2. The van der Waals surface area contributed by atoms with Crippen LogP contribution in [0.2, 0.25) is 0 Å². The summed E-state index contributed by atoms with van der Waals surface area (Å²) in [5.41, 5.74) is 7.36. The molecule has 0 aliphatic carbocycles. The molecule has 0 unspecified atom stereocenters. The van der Waals surface area contributed by atoms with Crippen LogP contribution in [0.15, 0.2) is 36.4 Å². The second-order valence-corrected chi connectivity index (χ2v) is 5.54. The zero-order valence-corrected chi connectivity index (χ0v) is 11.8. The summed E-state index contributed by atoms with van der Waals surface area (Å²) < 4.78 is 2.18. The van der Waals surface area contributed by atoms with Crippen molar-refractivity contribution in [2.45, 2.75) is 13.3 Å². The van der Waals surface area contributed by atoms with Gasteiger partial charge in [-0.1, -0.05) is 29.8 Å². The molecule has 0 saturated carbocycles. The van der Waals surface area contributed by atoms with E-state index in [9.17, 15) is 0 Å². The average Bonchev–Trinajstić information content (AvgIpc) is 3.02. The van der Waals surface area contributed by atoms with Gasteiger partial charge in [-0.25, -0.2) is 4.98 Å². The first kappa shape index (κ1) is 11.5. The number of hydrogen-bond acceptors (Lipinski definition) is 2. The Labute approximate surface area is 118 Å². The number of anilines is 1. The molecule has 1 aliphatic heterocycles. The van der Waals surface area contributed by atoms with Gasteiger partial charge in [0.2, 0.25) is 0 Å². The van der Waals surface area contributed by atoms with Crippen LogP contribution in [-0.4, -0.2) is 16.1 Å². The third-order valence-electron chi connectivity index (χ3n) is 4.13. The predicted molar refractivity (Wildman–Crippen MR) is 83.1 cm³/mol. The summed E-state index contributed by atoms with van der Waals surface area (Å²) in [7, 11) is 2.09. The largest absolute Gasteiger partial charge is 0.384 e. The van der Waals surface area contributed by atoms with E-state index in [0.29, 0.717) is 0 Å². The first-order valence-electron chi connectivity index (χ1n) is 7.02. The number of rotatable bonds is 1. The molecule has 2 aromatic carbocycles. The molecule has 3 nitrogen and oxygen atoms in total. The van der Waals surface area contributed by atoms with Gasteiger partial charge in [0, 0.05) is 24.8 Å². The molecule has 0 saturated heterocycles. The second-order valence-electron chi connectivity index (χ2n) is 5.54. The topological polar surface area (TPSA) is 29.9 Å². The Hall–Kier alpha value is -2.29. The fraction of sp³-hybridized carbons (Fsp3) is 0.235. The molecule has 20 heavy (non-hydrogen) atoms. The zero-order chi connectivity index (χ0) is 13.7.